The highest BCUT2D eigenvalue weighted by Gasteiger charge is 2.52. The topological polar surface area (TPSA) is 55.8 Å². The maximum atomic E-state index is 11.1. The molecule has 2 rings (SSSR count). The Bertz CT molecular complexity index is 247. The third-order valence-electron chi connectivity index (χ3n) is 2.29. The van der Waals surface area contributed by atoms with Crippen LogP contribution in [0.3, 0.4) is 0 Å². The van der Waals surface area contributed by atoms with Gasteiger partial charge < -0.3 is 14.6 Å². The molecular weight excluding hydrogens is 160 g/mol. The molecule has 0 spiro atoms. The van der Waals surface area contributed by atoms with Gasteiger partial charge in [-0.05, 0) is 12.2 Å². The average Bonchev–Trinajstić information content (AvgIpc) is 2.50. The van der Waals surface area contributed by atoms with Crippen molar-refractivity contribution in [1.82, 2.24) is 0 Å². The zero-order chi connectivity index (χ0) is 8.77. The molecule has 1 unspecified atom stereocenters. The van der Waals surface area contributed by atoms with Gasteiger partial charge in [-0.2, -0.15) is 0 Å². The molecule has 0 bridgehead atoms. The molecule has 1 saturated heterocycles. The van der Waals surface area contributed by atoms with Crippen LogP contribution in [0.2, 0.25) is 0 Å². The highest BCUT2D eigenvalue weighted by Crippen LogP contribution is 2.36. The SMILES string of the molecule is CO[C@@H]1C[C@@]2(O)C=CC(=O)C2O1. The molecule has 1 N–H and O–H groups in total. The summed E-state index contributed by atoms with van der Waals surface area (Å²) < 4.78 is 10.1. The van der Waals surface area contributed by atoms with Gasteiger partial charge in [0.25, 0.3) is 0 Å². The fourth-order valence-corrected chi connectivity index (χ4v) is 1.61. The lowest BCUT2D eigenvalue weighted by atomic mass is 9.99. The zero-order valence-electron chi connectivity index (χ0n) is 6.69. The summed E-state index contributed by atoms with van der Waals surface area (Å²) in [6.45, 7) is 0. The Morgan fingerprint density at radius 2 is 2.58 bits per heavy atom. The zero-order valence-corrected chi connectivity index (χ0v) is 6.69. The highest BCUT2D eigenvalue weighted by atomic mass is 16.7. The summed E-state index contributed by atoms with van der Waals surface area (Å²) >= 11 is 0. The molecule has 0 saturated carbocycles. The predicted octanol–water partition coefficient (Wildman–Crippen LogP) is -0.382. The first-order valence-electron chi connectivity index (χ1n) is 3.79. The fourth-order valence-electron chi connectivity index (χ4n) is 1.61. The summed E-state index contributed by atoms with van der Waals surface area (Å²) in [6, 6.07) is 0. The van der Waals surface area contributed by atoms with Gasteiger partial charge in [-0.1, -0.05) is 0 Å². The second-order valence-electron chi connectivity index (χ2n) is 3.11. The van der Waals surface area contributed by atoms with Crippen molar-refractivity contribution in [3.63, 3.8) is 0 Å². The van der Waals surface area contributed by atoms with E-state index in [9.17, 15) is 9.90 Å². The van der Waals surface area contributed by atoms with Crippen LogP contribution in [-0.4, -0.2) is 36.0 Å². The van der Waals surface area contributed by atoms with Crippen molar-refractivity contribution in [2.45, 2.75) is 24.4 Å². The fraction of sp³-hybridized carbons (Fsp3) is 0.625. The van der Waals surface area contributed by atoms with E-state index in [-0.39, 0.29) is 5.78 Å². The van der Waals surface area contributed by atoms with Crippen molar-refractivity contribution >= 4 is 5.78 Å². The molecule has 1 aliphatic heterocycles. The maximum Gasteiger partial charge on any atom is 0.187 e. The van der Waals surface area contributed by atoms with E-state index in [1.165, 1.54) is 19.3 Å². The number of rotatable bonds is 1. The van der Waals surface area contributed by atoms with Crippen molar-refractivity contribution in [1.29, 1.82) is 0 Å². The number of hydrogen-bond acceptors (Lipinski definition) is 4. The molecule has 4 heteroatoms. The monoisotopic (exact) mass is 170 g/mol. The first-order valence-corrected chi connectivity index (χ1v) is 3.79. The summed E-state index contributed by atoms with van der Waals surface area (Å²) in [7, 11) is 1.49. The van der Waals surface area contributed by atoms with Crippen molar-refractivity contribution < 1.29 is 19.4 Å². The molecule has 0 radical (unpaired) electrons. The predicted molar refractivity (Wildman–Crippen MR) is 39.4 cm³/mol. The number of carbonyl (C=O) groups is 1. The lowest BCUT2D eigenvalue weighted by Gasteiger charge is -2.16. The molecule has 0 aromatic rings. The van der Waals surface area contributed by atoms with E-state index < -0.39 is 18.0 Å². The van der Waals surface area contributed by atoms with Gasteiger partial charge in [0.15, 0.2) is 18.2 Å². The largest absolute Gasteiger partial charge is 0.382 e. The van der Waals surface area contributed by atoms with Crippen molar-refractivity contribution in [3.05, 3.63) is 12.2 Å². The van der Waals surface area contributed by atoms with Gasteiger partial charge in [0.2, 0.25) is 0 Å². The first-order chi connectivity index (χ1) is 5.65. The van der Waals surface area contributed by atoms with Crippen LogP contribution < -0.4 is 0 Å². The first kappa shape index (κ1) is 7.91. The van der Waals surface area contributed by atoms with E-state index in [4.69, 9.17) is 9.47 Å². The summed E-state index contributed by atoms with van der Waals surface area (Å²) in [4.78, 5) is 11.1. The molecule has 66 valence electrons. The number of ether oxygens (including phenoxy) is 2. The number of hydrogen-bond donors (Lipinski definition) is 1. The average molecular weight is 170 g/mol. The molecule has 12 heavy (non-hydrogen) atoms. The second-order valence-corrected chi connectivity index (χ2v) is 3.11. The van der Waals surface area contributed by atoms with Crippen molar-refractivity contribution in [3.8, 4) is 0 Å². The van der Waals surface area contributed by atoms with E-state index in [0.29, 0.717) is 6.42 Å². The Balaban J connectivity index is 2.22. The Hall–Kier alpha value is -0.710. The number of methoxy groups -OCH3 is 1. The van der Waals surface area contributed by atoms with Crippen LogP contribution in [-0.2, 0) is 14.3 Å². The molecule has 3 atom stereocenters. The van der Waals surface area contributed by atoms with Crippen molar-refractivity contribution in [2.75, 3.05) is 7.11 Å². The Labute approximate surface area is 69.8 Å². The van der Waals surface area contributed by atoms with Crippen LogP contribution >= 0.6 is 0 Å². The molecule has 0 aromatic heterocycles. The van der Waals surface area contributed by atoms with Gasteiger partial charge in [-0.25, -0.2) is 0 Å². The van der Waals surface area contributed by atoms with Gasteiger partial charge in [-0.3, -0.25) is 4.79 Å². The molecule has 0 amide bonds. The van der Waals surface area contributed by atoms with Crippen LogP contribution in [0.15, 0.2) is 12.2 Å². The van der Waals surface area contributed by atoms with Crippen molar-refractivity contribution in [2.24, 2.45) is 0 Å². The van der Waals surface area contributed by atoms with E-state index >= 15 is 0 Å². The van der Waals surface area contributed by atoms with Crippen LogP contribution in [0.25, 0.3) is 0 Å². The quantitative estimate of drug-likeness (QED) is 0.582. The van der Waals surface area contributed by atoms with Crippen LogP contribution in [0.5, 0.6) is 0 Å². The molecule has 1 fully saturated rings. The van der Waals surface area contributed by atoms with Gasteiger partial charge in [-0.15, -0.1) is 0 Å². The van der Waals surface area contributed by atoms with E-state index in [0.717, 1.165) is 0 Å². The Kier molecular flexibility index (Phi) is 1.57. The van der Waals surface area contributed by atoms with E-state index in [1.54, 1.807) is 0 Å². The van der Waals surface area contributed by atoms with Gasteiger partial charge >= 0.3 is 0 Å². The normalized spacial score (nSPS) is 45.3. The van der Waals surface area contributed by atoms with Gasteiger partial charge in [0.1, 0.15) is 5.60 Å². The highest BCUT2D eigenvalue weighted by molar-refractivity contribution is 5.98. The summed E-state index contributed by atoms with van der Waals surface area (Å²) in [6.07, 6.45) is 1.96. The summed E-state index contributed by atoms with van der Waals surface area (Å²) in [5.74, 6) is -0.183. The Morgan fingerprint density at radius 3 is 3.17 bits per heavy atom. The minimum Gasteiger partial charge on any atom is -0.382 e. The molecule has 0 aromatic carbocycles. The number of ketones is 1. The number of aliphatic hydroxyl groups is 1. The molecule has 1 heterocycles. The molecule has 2 aliphatic rings. The van der Waals surface area contributed by atoms with Crippen LogP contribution in [0, 0.1) is 0 Å². The lowest BCUT2D eigenvalue weighted by Crippen LogP contribution is -2.36. The third kappa shape index (κ3) is 0.924. The lowest BCUT2D eigenvalue weighted by molar-refractivity contribution is -0.145. The summed E-state index contributed by atoms with van der Waals surface area (Å²) in [5.41, 5.74) is -1.13. The van der Waals surface area contributed by atoms with Gasteiger partial charge in [0.05, 0.1) is 0 Å². The van der Waals surface area contributed by atoms with Crippen LogP contribution in [0.1, 0.15) is 6.42 Å². The third-order valence-corrected chi connectivity index (χ3v) is 2.29. The maximum absolute atomic E-state index is 11.1. The van der Waals surface area contributed by atoms with E-state index in [2.05, 4.69) is 0 Å². The second kappa shape index (κ2) is 2.39. The minimum absolute atomic E-state index is 0.183. The summed E-state index contributed by atoms with van der Waals surface area (Å²) in [5, 5.41) is 9.79. The number of fused-ring (bicyclic) bond motifs is 1. The van der Waals surface area contributed by atoms with E-state index in [1.807, 2.05) is 0 Å². The molecule has 4 nitrogen and oxygen atoms in total. The van der Waals surface area contributed by atoms with Crippen LogP contribution in [0.4, 0.5) is 0 Å². The molecular formula is C8H10O4. The van der Waals surface area contributed by atoms with Gasteiger partial charge in [0, 0.05) is 13.5 Å². The number of carbonyl (C=O) groups excluding carboxylic acids is 1. The smallest absolute Gasteiger partial charge is 0.187 e. The Morgan fingerprint density at radius 1 is 1.83 bits per heavy atom. The minimum atomic E-state index is -1.13. The molecule has 1 aliphatic carbocycles. The standard InChI is InChI=1S/C8H10O4/c1-11-6-4-8(10)3-2-5(9)7(8)12-6/h2-3,6-7,10H,4H2,1H3/t6-,7?,8-/m0/s1.